The number of carbonyl (C=O) groups is 2. The Labute approximate surface area is 248 Å². The highest BCUT2D eigenvalue weighted by molar-refractivity contribution is 6.31. The third-order valence-electron chi connectivity index (χ3n) is 8.30. The van der Waals surface area contributed by atoms with Crippen molar-refractivity contribution in [3.63, 3.8) is 0 Å². The van der Waals surface area contributed by atoms with Gasteiger partial charge in [0.1, 0.15) is 18.4 Å². The van der Waals surface area contributed by atoms with Crippen LogP contribution >= 0.6 is 23.2 Å². The standard InChI is InChI=1S/C31H42Cl2N4O3/c1-21-17-25(32)8-7-24(21)18-28(34-31(39)37-13-5-6-14-37)30(38)36-15-11-23(12-16-36)27-10-9-26(33)19-29(27)40-20-22(2)35(3)4/h7-10,17,19,22-23,28H,5-6,11-16,18,20H2,1-4H3,(H,34,39)/t22?,28-/m1/s1. The Bertz CT molecular complexity index is 1180. The lowest BCUT2D eigenvalue weighted by Gasteiger charge is -2.35. The average Bonchev–Trinajstić information content (AvgIpc) is 3.48. The maximum atomic E-state index is 13.8. The van der Waals surface area contributed by atoms with E-state index in [2.05, 4.69) is 23.2 Å². The molecule has 0 aromatic heterocycles. The number of carbonyl (C=O) groups excluding carboxylic acids is 2. The van der Waals surface area contributed by atoms with Crippen LogP contribution in [-0.4, -0.2) is 85.6 Å². The lowest BCUT2D eigenvalue weighted by atomic mass is 9.88. The maximum Gasteiger partial charge on any atom is 0.318 e. The van der Waals surface area contributed by atoms with Gasteiger partial charge < -0.3 is 24.8 Å². The number of hydrogen-bond acceptors (Lipinski definition) is 4. The number of likely N-dealkylation sites (N-methyl/N-ethyl adjacent to an activating group) is 1. The SMILES string of the molecule is Cc1cc(Cl)ccc1C[C@@H](NC(=O)N1CCCC1)C(=O)N1CCC(c2ccc(Cl)cc2OCC(C)N(C)C)CC1. The minimum atomic E-state index is -0.633. The molecule has 0 spiro atoms. The predicted octanol–water partition coefficient (Wildman–Crippen LogP) is 5.75. The van der Waals surface area contributed by atoms with Gasteiger partial charge in [-0.15, -0.1) is 0 Å². The zero-order valence-electron chi connectivity index (χ0n) is 24.1. The molecule has 218 valence electrons. The number of ether oxygens (including phenoxy) is 1. The van der Waals surface area contributed by atoms with Crippen LogP contribution in [-0.2, 0) is 11.2 Å². The van der Waals surface area contributed by atoms with Gasteiger partial charge in [-0.25, -0.2) is 4.79 Å². The highest BCUT2D eigenvalue weighted by atomic mass is 35.5. The highest BCUT2D eigenvalue weighted by Crippen LogP contribution is 2.36. The first kappa shape index (κ1) is 30.5. The quantitative estimate of drug-likeness (QED) is 0.405. The van der Waals surface area contributed by atoms with Gasteiger partial charge in [0.15, 0.2) is 0 Å². The van der Waals surface area contributed by atoms with E-state index in [9.17, 15) is 9.59 Å². The Balaban J connectivity index is 1.45. The molecule has 9 heteroatoms. The van der Waals surface area contributed by atoms with E-state index in [-0.39, 0.29) is 23.9 Å². The second-order valence-corrected chi connectivity index (χ2v) is 12.2. The molecule has 2 saturated heterocycles. The molecule has 2 aliphatic heterocycles. The van der Waals surface area contributed by atoms with E-state index in [4.69, 9.17) is 27.9 Å². The number of benzene rings is 2. The van der Waals surface area contributed by atoms with Gasteiger partial charge in [0.25, 0.3) is 0 Å². The summed E-state index contributed by atoms with van der Waals surface area (Å²) < 4.78 is 6.22. The van der Waals surface area contributed by atoms with E-state index in [1.807, 2.05) is 56.3 Å². The summed E-state index contributed by atoms with van der Waals surface area (Å²) >= 11 is 12.5. The number of rotatable bonds is 9. The molecule has 3 amide bonds. The minimum Gasteiger partial charge on any atom is -0.492 e. The fourth-order valence-corrected chi connectivity index (χ4v) is 5.82. The molecule has 1 N–H and O–H groups in total. The molecule has 4 rings (SSSR count). The van der Waals surface area contributed by atoms with E-state index in [0.29, 0.717) is 36.2 Å². The summed E-state index contributed by atoms with van der Waals surface area (Å²) in [4.78, 5) is 32.7. The normalized spacial score (nSPS) is 17.7. The zero-order chi connectivity index (χ0) is 28.8. The number of likely N-dealkylation sites (tertiary alicyclic amines) is 2. The number of amides is 3. The van der Waals surface area contributed by atoms with Crippen LogP contribution in [0.2, 0.25) is 10.0 Å². The van der Waals surface area contributed by atoms with Crippen molar-refractivity contribution in [3.05, 3.63) is 63.1 Å². The van der Waals surface area contributed by atoms with Crippen LogP contribution in [0.1, 0.15) is 55.2 Å². The van der Waals surface area contributed by atoms with Gasteiger partial charge in [-0.3, -0.25) is 4.79 Å². The van der Waals surface area contributed by atoms with Crippen molar-refractivity contribution in [2.45, 2.75) is 64.0 Å². The highest BCUT2D eigenvalue weighted by Gasteiger charge is 2.32. The molecule has 0 saturated carbocycles. The predicted molar refractivity (Wildman–Crippen MR) is 162 cm³/mol. The summed E-state index contributed by atoms with van der Waals surface area (Å²) in [5, 5.41) is 4.38. The van der Waals surface area contributed by atoms with Gasteiger partial charge in [0, 0.05) is 48.7 Å². The third kappa shape index (κ3) is 7.83. The molecule has 2 fully saturated rings. The maximum absolute atomic E-state index is 13.8. The van der Waals surface area contributed by atoms with Crippen LogP contribution < -0.4 is 10.1 Å². The van der Waals surface area contributed by atoms with Crippen LogP contribution in [0.3, 0.4) is 0 Å². The topological polar surface area (TPSA) is 65.1 Å². The van der Waals surface area contributed by atoms with Crippen LogP contribution in [0.5, 0.6) is 5.75 Å². The molecule has 2 aliphatic rings. The van der Waals surface area contributed by atoms with Gasteiger partial charge in [-0.2, -0.15) is 0 Å². The molecule has 0 aliphatic carbocycles. The summed E-state index contributed by atoms with van der Waals surface area (Å²) in [6.07, 6.45) is 4.07. The van der Waals surface area contributed by atoms with Crippen LogP contribution in [0.4, 0.5) is 4.79 Å². The molecule has 2 aromatic rings. The number of urea groups is 1. The molecule has 0 radical (unpaired) electrons. The largest absolute Gasteiger partial charge is 0.492 e. The van der Waals surface area contributed by atoms with E-state index < -0.39 is 6.04 Å². The monoisotopic (exact) mass is 588 g/mol. The molecule has 1 unspecified atom stereocenters. The number of nitrogens with zero attached hydrogens (tertiary/aromatic N) is 3. The second-order valence-electron chi connectivity index (χ2n) is 11.4. The van der Waals surface area contributed by atoms with Crippen molar-refractivity contribution in [3.8, 4) is 5.75 Å². The Hall–Kier alpha value is -2.48. The van der Waals surface area contributed by atoms with Crippen molar-refractivity contribution < 1.29 is 14.3 Å². The molecule has 7 nitrogen and oxygen atoms in total. The van der Waals surface area contributed by atoms with Gasteiger partial charge in [-0.1, -0.05) is 35.3 Å². The molecular formula is C31H42Cl2N4O3. The van der Waals surface area contributed by atoms with Crippen molar-refractivity contribution in [1.29, 1.82) is 0 Å². The number of aryl methyl sites for hydroxylation is 1. The Morgan fingerprint density at radius 3 is 2.30 bits per heavy atom. The van der Waals surface area contributed by atoms with E-state index >= 15 is 0 Å². The molecular weight excluding hydrogens is 547 g/mol. The minimum absolute atomic E-state index is 0.0345. The van der Waals surface area contributed by atoms with Crippen molar-refractivity contribution in [2.75, 3.05) is 46.9 Å². The zero-order valence-corrected chi connectivity index (χ0v) is 25.6. The number of hydrogen-bond donors (Lipinski definition) is 1. The Morgan fingerprint density at radius 2 is 1.65 bits per heavy atom. The van der Waals surface area contributed by atoms with Gasteiger partial charge in [-0.05, 0) is 100 Å². The fraction of sp³-hybridized carbons (Fsp3) is 0.548. The van der Waals surface area contributed by atoms with Crippen LogP contribution in [0.25, 0.3) is 0 Å². The van der Waals surface area contributed by atoms with Crippen molar-refractivity contribution >= 4 is 35.1 Å². The Kier molecular flexibility index (Phi) is 10.6. The fourth-order valence-electron chi connectivity index (χ4n) is 5.43. The molecule has 0 bridgehead atoms. The van der Waals surface area contributed by atoms with E-state index in [1.165, 1.54) is 0 Å². The average molecular weight is 590 g/mol. The smallest absolute Gasteiger partial charge is 0.318 e. The Morgan fingerprint density at radius 1 is 1.00 bits per heavy atom. The first-order valence-corrected chi connectivity index (χ1v) is 15.1. The number of nitrogens with one attached hydrogen (secondary N) is 1. The summed E-state index contributed by atoms with van der Waals surface area (Å²) in [5.74, 6) is 1.05. The molecule has 2 atom stereocenters. The van der Waals surface area contributed by atoms with E-state index in [1.54, 1.807) is 4.90 Å². The lowest BCUT2D eigenvalue weighted by Crippen LogP contribution is -2.54. The van der Waals surface area contributed by atoms with Crippen molar-refractivity contribution in [1.82, 2.24) is 20.0 Å². The van der Waals surface area contributed by atoms with Crippen molar-refractivity contribution in [2.24, 2.45) is 0 Å². The lowest BCUT2D eigenvalue weighted by molar-refractivity contribution is -0.134. The first-order valence-electron chi connectivity index (χ1n) is 14.3. The summed E-state index contributed by atoms with van der Waals surface area (Å²) in [7, 11) is 4.07. The van der Waals surface area contributed by atoms with Gasteiger partial charge in [0.2, 0.25) is 5.91 Å². The molecule has 2 heterocycles. The van der Waals surface area contributed by atoms with Crippen LogP contribution in [0.15, 0.2) is 36.4 Å². The molecule has 2 aromatic carbocycles. The van der Waals surface area contributed by atoms with Crippen LogP contribution in [0, 0.1) is 6.92 Å². The third-order valence-corrected chi connectivity index (χ3v) is 8.77. The second kappa shape index (κ2) is 13.9. The molecule has 40 heavy (non-hydrogen) atoms. The first-order chi connectivity index (χ1) is 19.1. The van der Waals surface area contributed by atoms with Gasteiger partial charge >= 0.3 is 6.03 Å². The number of piperidine rings is 1. The summed E-state index contributed by atoms with van der Waals surface area (Å²) in [5.41, 5.74) is 3.16. The van der Waals surface area contributed by atoms with E-state index in [0.717, 1.165) is 61.2 Å². The number of halogens is 2. The van der Waals surface area contributed by atoms with Gasteiger partial charge in [0.05, 0.1) is 0 Å². The summed E-state index contributed by atoms with van der Waals surface area (Å²) in [6, 6.07) is 11.0. The summed E-state index contributed by atoms with van der Waals surface area (Å²) in [6.45, 7) is 7.39.